The molecule has 3 heterocycles. The number of benzene rings is 1. The van der Waals surface area contributed by atoms with E-state index in [-0.39, 0.29) is 23.5 Å². The van der Waals surface area contributed by atoms with Crippen molar-refractivity contribution in [3.8, 4) is 17.0 Å². The number of hydrogen-bond acceptors (Lipinski definition) is 5. The molecule has 7 heteroatoms. The van der Waals surface area contributed by atoms with Gasteiger partial charge in [0, 0.05) is 11.6 Å². The van der Waals surface area contributed by atoms with Crippen molar-refractivity contribution in [3.63, 3.8) is 0 Å². The number of amides is 1. The smallest absolute Gasteiger partial charge is 0.271 e. The molecule has 0 radical (unpaired) electrons. The van der Waals surface area contributed by atoms with Gasteiger partial charge in [-0.2, -0.15) is 0 Å². The van der Waals surface area contributed by atoms with Crippen molar-refractivity contribution in [2.45, 2.75) is 6.54 Å². The van der Waals surface area contributed by atoms with Crippen LogP contribution in [0.3, 0.4) is 0 Å². The van der Waals surface area contributed by atoms with Gasteiger partial charge in [0.15, 0.2) is 11.4 Å². The molecule has 4 rings (SSSR count). The lowest BCUT2D eigenvalue weighted by Gasteiger charge is -2.14. The second kappa shape index (κ2) is 6.96. The molecule has 0 spiro atoms. The third-order valence-electron chi connectivity index (χ3n) is 4.48. The van der Waals surface area contributed by atoms with E-state index in [1.807, 2.05) is 30.3 Å². The quantitative estimate of drug-likeness (QED) is 0.571. The highest BCUT2D eigenvalue weighted by molar-refractivity contribution is 6.00. The van der Waals surface area contributed by atoms with E-state index < -0.39 is 5.91 Å². The minimum atomic E-state index is -0.848. The summed E-state index contributed by atoms with van der Waals surface area (Å²) in [6.07, 6.45) is 2.96. The van der Waals surface area contributed by atoms with Crippen molar-refractivity contribution >= 4 is 16.8 Å². The fourth-order valence-electron chi connectivity index (χ4n) is 3.13. The molecule has 3 N–H and O–H groups in total. The number of aromatic nitrogens is 3. The lowest BCUT2D eigenvalue weighted by molar-refractivity contribution is 0.0993. The molecule has 0 aliphatic rings. The molecule has 0 fully saturated rings. The van der Waals surface area contributed by atoms with Crippen molar-refractivity contribution in [2.24, 2.45) is 5.73 Å². The number of fused-ring (bicyclic) bond motifs is 1. The number of nitrogens with two attached hydrogens (primary N) is 1. The van der Waals surface area contributed by atoms with E-state index in [0.29, 0.717) is 22.2 Å². The molecular weight excluding hydrogens is 356 g/mol. The van der Waals surface area contributed by atoms with Crippen LogP contribution in [0.5, 0.6) is 5.75 Å². The van der Waals surface area contributed by atoms with Gasteiger partial charge in [-0.1, -0.05) is 36.4 Å². The molecule has 0 saturated carbocycles. The summed E-state index contributed by atoms with van der Waals surface area (Å²) in [6, 6.07) is 16.2. The standard InChI is InChI=1S/C21H16N4O3/c22-20(27)18-19(26)15-10-14(16-8-4-5-9-23-16)21(28)25(17(15)11-24-18)12-13-6-2-1-3-7-13/h1-11,26H,12H2,(H2,22,27). The van der Waals surface area contributed by atoms with Crippen molar-refractivity contribution in [1.82, 2.24) is 14.5 Å². The van der Waals surface area contributed by atoms with Crippen LogP contribution in [-0.2, 0) is 6.54 Å². The molecule has 0 aliphatic carbocycles. The van der Waals surface area contributed by atoms with Crippen LogP contribution in [0.4, 0.5) is 0 Å². The zero-order chi connectivity index (χ0) is 19.7. The van der Waals surface area contributed by atoms with Crippen molar-refractivity contribution in [3.05, 3.63) is 88.6 Å². The van der Waals surface area contributed by atoms with E-state index in [1.54, 1.807) is 24.4 Å². The van der Waals surface area contributed by atoms with E-state index in [9.17, 15) is 14.7 Å². The first-order valence-corrected chi connectivity index (χ1v) is 8.57. The number of nitrogens with zero attached hydrogens (tertiary/aromatic N) is 3. The summed E-state index contributed by atoms with van der Waals surface area (Å²) in [5, 5.41) is 10.9. The minimum absolute atomic E-state index is 0.246. The van der Waals surface area contributed by atoms with Gasteiger partial charge in [-0.25, -0.2) is 4.98 Å². The van der Waals surface area contributed by atoms with Crippen molar-refractivity contribution in [2.75, 3.05) is 0 Å². The lowest BCUT2D eigenvalue weighted by atomic mass is 10.1. The second-order valence-electron chi connectivity index (χ2n) is 6.27. The number of pyridine rings is 3. The SMILES string of the molecule is NC(=O)c1ncc2c(cc(-c3ccccn3)c(=O)n2Cc2ccccc2)c1O. The third-order valence-corrected chi connectivity index (χ3v) is 4.48. The summed E-state index contributed by atoms with van der Waals surface area (Å²) in [5.41, 5.74) is 6.86. The molecule has 3 aromatic heterocycles. The van der Waals surface area contributed by atoms with Gasteiger partial charge in [0.2, 0.25) is 0 Å². The lowest BCUT2D eigenvalue weighted by Crippen LogP contribution is -2.24. The molecule has 4 aromatic rings. The highest BCUT2D eigenvalue weighted by Gasteiger charge is 2.19. The molecule has 0 bridgehead atoms. The highest BCUT2D eigenvalue weighted by atomic mass is 16.3. The topological polar surface area (TPSA) is 111 Å². The van der Waals surface area contributed by atoms with Gasteiger partial charge in [-0.15, -0.1) is 0 Å². The molecule has 0 unspecified atom stereocenters. The summed E-state index contributed by atoms with van der Waals surface area (Å²) < 4.78 is 1.51. The zero-order valence-electron chi connectivity index (χ0n) is 14.7. The van der Waals surface area contributed by atoms with Gasteiger partial charge in [-0.05, 0) is 23.8 Å². The Hall–Kier alpha value is -4.00. The van der Waals surface area contributed by atoms with Gasteiger partial charge in [-0.3, -0.25) is 14.6 Å². The number of rotatable bonds is 4. The fourth-order valence-corrected chi connectivity index (χ4v) is 3.13. The maximum atomic E-state index is 13.2. The summed E-state index contributed by atoms with van der Waals surface area (Å²) in [6.45, 7) is 0.272. The maximum Gasteiger partial charge on any atom is 0.271 e. The Labute approximate surface area is 159 Å². The number of primary amides is 1. The third kappa shape index (κ3) is 2.99. The van der Waals surface area contributed by atoms with Crippen LogP contribution in [0.1, 0.15) is 16.1 Å². The minimum Gasteiger partial charge on any atom is -0.505 e. The Kier molecular flexibility index (Phi) is 4.33. The molecule has 1 aromatic carbocycles. The van der Waals surface area contributed by atoms with Gasteiger partial charge in [0.1, 0.15) is 0 Å². The Balaban J connectivity index is 2.05. The first-order valence-electron chi connectivity index (χ1n) is 8.57. The normalized spacial score (nSPS) is 10.9. The highest BCUT2D eigenvalue weighted by Crippen LogP contribution is 2.29. The van der Waals surface area contributed by atoms with Crippen LogP contribution < -0.4 is 11.3 Å². The molecular formula is C21H16N4O3. The van der Waals surface area contributed by atoms with Crippen molar-refractivity contribution in [1.29, 1.82) is 0 Å². The molecule has 7 nitrogen and oxygen atoms in total. The van der Waals surface area contributed by atoms with E-state index in [4.69, 9.17) is 5.73 Å². The van der Waals surface area contributed by atoms with Gasteiger partial charge in [0.25, 0.3) is 11.5 Å². The Bertz CT molecular complexity index is 1240. The first-order chi connectivity index (χ1) is 13.6. The molecule has 138 valence electrons. The molecule has 0 aliphatic heterocycles. The first kappa shape index (κ1) is 17.4. The number of carbonyl (C=O) groups excluding carboxylic acids is 1. The summed E-state index contributed by atoms with van der Waals surface area (Å²) in [4.78, 5) is 33.0. The summed E-state index contributed by atoms with van der Waals surface area (Å²) >= 11 is 0. The van der Waals surface area contributed by atoms with Crippen LogP contribution in [0.2, 0.25) is 0 Å². The number of hydrogen-bond donors (Lipinski definition) is 2. The average molecular weight is 372 g/mol. The van der Waals surface area contributed by atoms with E-state index in [1.165, 1.54) is 16.8 Å². The van der Waals surface area contributed by atoms with E-state index >= 15 is 0 Å². The van der Waals surface area contributed by atoms with Crippen LogP contribution in [0, 0.1) is 0 Å². The fraction of sp³-hybridized carbons (Fsp3) is 0.0476. The van der Waals surface area contributed by atoms with Crippen molar-refractivity contribution < 1.29 is 9.90 Å². The van der Waals surface area contributed by atoms with Crippen LogP contribution in [0.25, 0.3) is 22.2 Å². The second-order valence-corrected chi connectivity index (χ2v) is 6.27. The van der Waals surface area contributed by atoms with E-state index in [0.717, 1.165) is 5.56 Å². The Morgan fingerprint density at radius 2 is 1.82 bits per heavy atom. The molecule has 0 saturated heterocycles. The maximum absolute atomic E-state index is 13.2. The van der Waals surface area contributed by atoms with E-state index in [2.05, 4.69) is 9.97 Å². The average Bonchev–Trinajstić information content (AvgIpc) is 2.71. The molecule has 1 amide bonds. The van der Waals surface area contributed by atoms with Gasteiger partial charge < -0.3 is 15.4 Å². The van der Waals surface area contributed by atoms with Gasteiger partial charge >= 0.3 is 0 Å². The number of carbonyl (C=O) groups is 1. The summed E-state index contributed by atoms with van der Waals surface area (Å²) in [5.74, 6) is -1.21. The largest absolute Gasteiger partial charge is 0.505 e. The monoisotopic (exact) mass is 372 g/mol. The van der Waals surface area contributed by atoms with Crippen LogP contribution >= 0.6 is 0 Å². The zero-order valence-corrected chi connectivity index (χ0v) is 14.7. The summed E-state index contributed by atoms with van der Waals surface area (Å²) in [7, 11) is 0. The predicted octanol–water partition coefficient (Wildman–Crippen LogP) is 2.31. The number of aromatic hydroxyl groups is 1. The Morgan fingerprint density at radius 1 is 1.07 bits per heavy atom. The van der Waals surface area contributed by atoms with Gasteiger partial charge in [0.05, 0.1) is 29.5 Å². The van der Waals surface area contributed by atoms with Crippen LogP contribution in [-0.4, -0.2) is 25.5 Å². The Morgan fingerprint density at radius 3 is 2.50 bits per heavy atom. The molecule has 28 heavy (non-hydrogen) atoms. The predicted molar refractivity (Wildman–Crippen MR) is 105 cm³/mol. The molecule has 0 atom stereocenters. The van der Waals surface area contributed by atoms with Crippen LogP contribution in [0.15, 0.2) is 71.8 Å².